The molecule has 3 rings (SSSR count). The van der Waals surface area contributed by atoms with Gasteiger partial charge in [-0.1, -0.05) is 18.2 Å². The number of H-pyrrole nitrogens is 1. The lowest BCUT2D eigenvalue weighted by Gasteiger charge is -2.24. The number of hydrogen-bond donors (Lipinski definition) is 3. The molecule has 1 aromatic carbocycles. The molecule has 5 nitrogen and oxygen atoms in total. The maximum absolute atomic E-state index is 11.6. The van der Waals surface area contributed by atoms with Crippen molar-refractivity contribution >= 4 is 22.9 Å². The molecule has 0 bridgehead atoms. The summed E-state index contributed by atoms with van der Waals surface area (Å²) in [7, 11) is 1.69. The van der Waals surface area contributed by atoms with Crippen LogP contribution in [0.25, 0.3) is 17.0 Å². The van der Waals surface area contributed by atoms with E-state index in [-0.39, 0.29) is 5.91 Å². The van der Waals surface area contributed by atoms with E-state index in [0.717, 1.165) is 30.6 Å². The highest BCUT2D eigenvalue weighted by Gasteiger charge is 2.25. The molecule has 27 heavy (non-hydrogen) atoms. The standard InChI is InChI=1S/C22H31N3O2/c1-22(2,27)10-8-16-6-7-20-19(13-16)17(15-24-20)14-18-5-4-11-25(18)12-9-21(26)23-3/h6-8,10,13,15,18,24,27H,4-5,9,11-12,14H2,1-3H3,(H,23,26)/t18-/m1/s1. The van der Waals surface area contributed by atoms with Crippen molar-refractivity contribution in [1.82, 2.24) is 15.2 Å². The van der Waals surface area contributed by atoms with Crippen LogP contribution in [0.5, 0.6) is 0 Å². The number of fused-ring (bicyclic) bond motifs is 1. The molecule has 2 heterocycles. The number of aromatic amines is 1. The van der Waals surface area contributed by atoms with Gasteiger partial charge >= 0.3 is 0 Å². The van der Waals surface area contributed by atoms with Gasteiger partial charge in [0.15, 0.2) is 0 Å². The number of amides is 1. The highest BCUT2D eigenvalue weighted by molar-refractivity contribution is 5.85. The van der Waals surface area contributed by atoms with E-state index < -0.39 is 5.60 Å². The fourth-order valence-corrected chi connectivity index (χ4v) is 3.81. The van der Waals surface area contributed by atoms with Gasteiger partial charge in [-0.2, -0.15) is 0 Å². The summed E-state index contributed by atoms with van der Waals surface area (Å²) in [6.45, 7) is 5.45. The maximum atomic E-state index is 11.6. The molecule has 146 valence electrons. The van der Waals surface area contributed by atoms with Crippen LogP contribution in [-0.2, 0) is 11.2 Å². The van der Waals surface area contributed by atoms with Crippen LogP contribution < -0.4 is 5.32 Å². The molecule has 0 radical (unpaired) electrons. The molecule has 1 aliphatic heterocycles. The fraction of sp³-hybridized carbons (Fsp3) is 0.500. The molecule has 1 amide bonds. The van der Waals surface area contributed by atoms with Gasteiger partial charge in [0.05, 0.1) is 5.60 Å². The summed E-state index contributed by atoms with van der Waals surface area (Å²) in [5, 5.41) is 13.9. The second kappa shape index (κ2) is 8.28. The predicted molar refractivity (Wildman–Crippen MR) is 111 cm³/mol. The Morgan fingerprint density at radius 1 is 1.44 bits per heavy atom. The number of aliphatic hydroxyl groups is 1. The lowest BCUT2D eigenvalue weighted by atomic mass is 10.0. The van der Waals surface area contributed by atoms with E-state index in [1.54, 1.807) is 20.9 Å². The minimum absolute atomic E-state index is 0.107. The third kappa shape index (κ3) is 5.21. The van der Waals surface area contributed by atoms with Crippen molar-refractivity contribution in [3.05, 3.63) is 41.6 Å². The summed E-state index contributed by atoms with van der Waals surface area (Å²) < 4.78 is 0. The minimum atomic E-state index is -0.814. The molecule has 0 unspecified atom stereocenters. The second-order valence-corrected chi connectivity index (χ2v) is 8.07. The molecule has 1 atom stereocenters. The van der Waals surface area contributed by atoms with Gasteiger partial charge in [-0.05, 0) is 62.9 Å². The molecule has 1 aliphatic rings. The van der Waals surface area contributed by atoms with Crippen molar-refractivity contribution in [3.63, 3.8) is 0 Å². The van der Waals surface area contributed by atoms with E-state index in [9.17, 15) is 9.90 Å². The first kappa shape index (κ1) is 19.6. The van der Waals surface area contributed by atoms with Crippen LogP contribution in [0.2, 0.25) is 0 Å². The summed E-state index contributed by atoms with van der Waals surface area (Å²) in [6, 6.07) is 6.84. The average Bonchev–Trinajstić information content (AvgIpc) is 3.24. The van der Waals surface area contributed by atoms with Crippen molar-refractivity contribution in [1.29, 1.82) is 0 Å². The molecule has 3 N–H and O–H groups in total. The quantitative estimate of drug-likeness (QED) is 0.702. The minimum Gasteiger partial charge on any atom is -0.386 e. The number of rotatable bonds is 7. The van der Waals surface area contributed by atoms with Crippen molar-refractivity contribution in [2.75, 3.05) is 20.1 Å². The van der Waals surface area contributed by atoms with E-state index in [4.69, 9.17) is 0 Å². The Kier molecular flexibility index (Phi) is 6.02. The zero-order valence-corrected chi connectivity index (χ0v) is 16.6. The summed E-state index contributed by atoms with van der Waals surface area (Å²) in [6.07, 6.45) is 9.83. The van der Waals surface area contributed by atoms with Gasteiger partial charge in [-0.15, -0.1) is 0 Å². The van der Waals surface area contributed by atoms with Crippen LogP contribution in [0.4, 0.5) is 0 Å². The Labute approximate surface area is 161 Å². The maximum Gasteiger partial charge on any atom is 0.221 e. The van der Waals surface area contributed by atoms with Crippen molar-refractivity contribution in [3.8, 4) is 0 Å². The SMILES string of the molecule is CNC(=O)CCN1CCC[C@@H]1Cc1c[nH]c2ccc(C=CC(C)(C)O)cc12. The molecule has 1 saturated heterocycles. The molecule has 1 aromatic heterocycles. The third-order valence-corrected chi connectivity index (χ3v) is 5.33. The number of nitrogens with zero attached hydrogens (tertiary/aromatic N) is 1. The monoisotopic (exact) mass is 369 g/mol. The van der Waals surface area contributed by atoms with Gasteiger partial charge in [-0.3, -0.25) is 9.69 Å². The number of carbonyl (C=O) groups excluding carboxylic acids is 1. The van der Waals surface area contributed by atoms with E-state index in [0.29, 0.717) is 12.5 Å². The predicted octanol–water partition coefficient (Wildman–Crippen LogP) is 3.10. The number of aromatic nitrogens is 1. The van der Waals surface area contributed by atoms with Crippen LogP contribution in [-0.4, -0.2) is 52.7 Å². The Balaban J connectivity index is 1.74. The Hall–Kier alpha value is -2.11. The van der Waals surface area contributed by atoms with Gasteiger partial charge in [0.25, 0.3) is 0 Å². The highest BCUT2D eigenvalue weighted by Crippen LogP contribution is 2.27. The number of benzene rings is 1. The smallest absolute Gasteiger partial charge is 0.221 e. The summed E-state index contributed by atoms with van der Waals surface area (Å²) >= 11 is 0. The lowest BCUT2D eigenvalue weighted by molar-refractivity contribution is -0.120. The van der Waals surface area contributed by atoms with E-state index in [1.165, 1.54) is 23.8 Å². The summed E-state index contributed by atoms with van der Waals surface area (Å²) in [5.41, 5.74) is 2.74. The normalized spacial score (nSPS) is 18.6. The van der Waals surface area contributed by atoms with Crippen LogP contribution in [0.15, 0.2) is 30.5 Å². The Morgan fingerprint density at radius 3 is 3.00 bits per heavy atom. The zero-order chi connectivity index (χ0) is 19.4. The largest absolute Gasteiger partial charge is 0.386 e. The first-order chi connectivity index (χ1) is 12.9. The first-order valence-corrected chi connectivity index (χ1v) is 9.82. The van der Waals surface area contributed by atoms with Crippen LogP contribution in [0.1, 0.15) is 44.2 Å². The van der Waals surface area contributed by atoms with E-state index in [1.807, 2.05) is 12.2 Å². The zero-order valence-electron chi connectivity index (χ0n) is 16.6. The molecular weight excluding hydrogens is 338 g/mol. The van der Waals surface area contributed by atoms with Crippen molar-refractivity contribution in [2.45, 2.75) is 51.2 Å². The van der Waals surface area contributed by atoms with Crippen LogP contribution in [0, 0.1) is 0 Å². The average molecular weight is 370 g/mol. The van der Waals surface area contributed by atoms with Gasteiger partial charge in [0.1, 0.15) is 0 Å². The molecule has 0 spiro atoms. The third-order valence-electron chi connectivity index (χ3n) is 5.33. The Morgan fingerprint density at radius 2 is 2.26 bits per heavy atom. The molecular formula is C22H31N3O2. The van der Waals surface area contributed by atoms with E-state index >= 15 is 0 Å². The van der Waals surface area contributed by atoms with Gasteiger partial charge in [0.2, 0.25) is 5.91 Å². The molecule has 5 heteroatoms. The highest BCUT2D eigenvalue weighted by atomic mass is 16.3. The summed E-state index contributed by atoms with van der Waals surface area (Å²) in [5.74, 6) is 0.107. The van der Waals surface area contributed by atoms with Crippen molar-refractivity contribution in [2.24, 2.45) is 0 Å². The fourth-order valence-electron chi connectivity index (χ4n) is 3.81. The number of carbonyl (C=O) groups is 1. The number of hydrogen-bond acceptors (Lipinski definition) is 3. The summed E-state index contributed by atoms with van der Waals surface area (Å²) in [4.78, 5) is 17.4. The Bertz CT molecular complexity index is 817. The molecule has 2 aromatic rings. The number of nitrogens with one attached hydrogen (secondary N) is 2. The van der Waals surface area contributed by atoms with E-state index in [2.05, 4.69) is 39.6 Å². The van der Waals surface area contributed by atoms with Crippen LogP contribution in [0.3, 0.4) is 0 Å². The number of likely N-dealkylation sites (tertiary alicyclic amines) is 1. The van der Waals surface area contributed by atoms with Crippen LogP contribution >= 0.6 is 0 Å². The van der Waals surface area contributed by atoms with Gasteiger partial charge in [-0.25, -0.2) is 0 Å². The topological polar surface area (TPSA) is 68.4 Å². The van der Waals surface area contributed by atoms with Gasteiger partial charge in [0, 0.05) is 43.2 Å². The second-order valence-electron chi connectivity index (χ2n) is 8.07. The van der Waals surface area contributed by atoms with Crippen molar-refractivity contribution < 1.29 is 9.90 Å². The lowest BCUT2D eigenvalue weighted by Crippen LogP contribution is -2.34. The molecule has 1 fully saturated rings. The first-order valence-electron chi connectivity index (χ1n) is 9.82. The molecule has 0 aliphatic carbocycles. The molecule has 0 saturated carbocycles. The van der Waals surface area contributed by atoms with Gasteiger partial charge < -0.3 is 15.4 Å².